The molecule has 3 N–H and O–H groups in total. The molecule has 0 fully saturated rings. The van der Waals surface area contributed by atoms with Crippen LogP contribution in [0.1, 0.15) is 149 Å². The molecule has 0 heterocycles. The minimum absolute atomic E-state index is 0.00791. The highest BCUT2D eigenvalue weighted by Crippen LogP contribution is 2.38. The Morgan fingerprint density at radius 1 is 0.736 bits per heavy atom. The zero-order chi connectivity index (χ0) is 39.5. The van der Waals surface area contributed by atoms with E-state index in [1.165, 1.54) is 64.2 Å². The largest absolute Gasteiger partial charge is 0.756 e. The van der Waals surface area contributed by atoms with Crippen molar-refractivity contribution in [2.24, 2.45) is 0 Å². The Bertz CT molecular complexity index is 1070. The molecule has 9 nitrogen and oxygen atoms in total. The van der Waals surface area contributed by atoms with Gasteiger partial charge in [-0.2, -0.15) is 0 Å². The van der Waals surface area contributed by atoms with E-state index >= 15 is 0 Å². The second-order valence-corrected chi connectivity index (χ2v) is 16.6. The van der Waals surface area contributed by atoms with Crippen molar-refractivity contribution in [2.45, 2.75) is 167 Å². The summed E-state index contributed by atoms with van der Waals surface area (Å²) in [6, 6.07) is -0.841. The Hall–Kier alpha value is -1.84. The highest BCUT2D eigenvalue weighted by molar-refractivity contribution is 7.45. The normalized spacial score (nSPS) is 15.7. The molecule has 0 bridgehead atoms. The zero-order valence-corrected chi connectivity index (χ0v) is 35.2. The molecule has 0 aliphatic rings. The molecule has 0 aliphatic carbocycles. The van der Waals surface area contributed by atoms with E-state index in [1.807, 2.05) is 40.2 Å². The monoisotopic (exact) mass is 767 g/mol. The van der Waals surface area contributed by atoms with E-state index in [2.05, 4.69) is 54.8 Å². The van der Waals surface area contributed by atoms with Crippen LogP contribution in [0.5, 0.6) is 0 Å². The maximum atomic E-state index is 12.8. The van der Waals surface area contributed by atoms with Gasteiger partial charge in [-0.3, -0.25) is 9.36 Å². The fourth-order valence-electron chi connectivity index (χ4n) is 5.44. The number of quaternary nitrogens is 1. The van der Waals surface area contributed by atoms with Gasteiger partial charge < -0.3 is 34.0 Å². The molecule has 0 rings (SSSR count). The second kappa shape index (κ2) is 34.6. The summed E-state index contributed by atoms with van der Waals surface area (Å²) in [6.07, 6.45) is 40.3. The third-order valence-corrected chi connectivity index (χ3v) is 9.89. The summed E-state index contributed by atoms with van der Waals surface area (Å²) in [7, 11) is 1.23. The van der Waals surface area contributed by atoms with Crippen molar-refractivity contribution in [3.8, 4) is 0 Å². The minimum atomic E-state index is -4.59. The average Bonchev–Trinajstić information content (AvgIpc) is 3.10. The number of aliphatic hydroxyl groups is 2. The molecule has 1 unspecified atom stereocenters. The Morgan fingerprint density at radius 2 is 1.26 bits per heavy atom. The van der Waals surface area contributed by atoms with Crippen LogP contribution in [0.4, 0.5) is 0 Å². The third-order valence-electron chi connectivity index (χ3n) is 8.93. The van der Waals surface area contributed by atoms with Crippen LogP contribution in [0.25, 0.3) is 0 Å². The summed E-state index contributed by atoms with van der Waals surface area (Å²) < 4.78 is 23.2. The number of carbonyl (C=O) groups excluding carboxylic acids is 1. The van der Waals surface area contributed by atoms with E-state index in [4.69, 9.17) is 9.05 Å². The Kier molecular flexibility index (Phi) is 33.4. The number of aliphatic hydroxyl groups excluding tert-OH is 2. The molecular formula is C43H79N2O7P. The first-order chi connectivity index (χ1) is 25.4. The lowest BCUT2D eigenvalue weighted by Gasteiger charge is -2.30. The highest BCUT2D eigenvalue weighted by atomic mass is 31.2. The van der Waals surface area contributed by atoms with E-state index < -0.39 is 20.0 Å². The first kappa shape index (κ1) is 51.2. The van der Waals surface area contributed by atoms with E-state index in [0.717, 1.165) is 51.4 Å². The molecule has 53 heavy (non-hydrogen) atoms. The molecule has 10 heteroatoms. The SMILES string of the molecule is CCCCCCCCCCCCCCC[C@@H](O)[C@H](COP(=O)([O-])OCC[N+](C)(C)C)NC(=O)CCC/C=C\C/C=C\C/C=C\C/C=C\C=C\[C@H](O)CC. The van der Waals surface area contributed by atoms with Crippen molar-refractivity contribution in [3.05, 3.63) is 60.8 Å². The third kappa shape index (κ3) is 36.9. The number of phosphoric acid groups is 1. The Morgan fingerprint density at radius 3 is 1.81 bits per heavy atom. The molecule has 4 atom stereocenters. The molecule has 0 saturated carbocycles. The van der Waals surface area contributed by atoms with Crippen molar-refractivity contribution in [1.82, 2.24) is 5.32 Å². The van der Waals surface area contributed by atoms with Crippen LogP contribution in [0, 0.1) is 0 Å². The lowest BCUT2D eigenvalue weighted by atomic mass is 10.0. The predicted molar refractivity (Wildman–Crippen MR) is 220 cm³/mol. The van der Waals surface area contributed by atoms with Crippen molar-refractivity contribution < 1.29 is 38.0 Å². The van der Waals surface area contributed by atoms with Gasteiger partial charge >= 0.3 is 0 Å². The molecular weight excluding hydrogens is 687 g/mol. The van der Waals surface area contributed by atoms with Crippen LogP contribution >= 0.6 is 7.82 Å². The summed E-state index contributed by atoms with van der Waals surface area (Å²) in [4.78, 5) is 25.2. The molecule has 308 valence electrons. The minimum Gasteiger partial charge on any atom is -0.756 e. The van der Waals surface area contributed by atoms with Crippen molar-refractivity contribution in [2.75, 3.05) is 40.9 Å². The van der Waals surface area contributed by atoms with Gasteiger partial charge in [0, 0.05) is 6.42 Å². The number of amides is 1. The van der Waals surface area contributed by atoms with Gasteiger partial charge in [-0.25, -0.2) is 0 Å². The topological polar surface area (TPSA) is 128 Å². The van der Waals surface area contributed by atoms with Crippen molar-refractivity contribution in [3.63, 3.8) is 0 Å². The standard InChI is InChI=1S/C43H79N2O7P/c1-6-8-9-10-11-12-13-16-20-23-26-29-32-35-42(47)41(39-52-53(49,50)51-38-37-45(3,4)5)44-43(48)36-33-30-27-24-21-18-15-14-17-19-22-25-28-31-34-40(46)7-2/h15,17-19,24-25,27-28,31,34,40-42,46-47H,6-14,16,20-23,26,29-30,32-33,35-39H2,1-5H3,(H-,44,48,49,50)/b18-15-,19-17-,27-24-,28-25-,34-31+/t40-,41+,42-/m1/s1. The van der Waals surface area contributed by atoms with Crippen LogP contribution < -0.4 is 10.2 Å². The summed E-state index contributed by atoms with van der Waals surface area (Å²) in [5.41, 5.74) is 0. The smallest absolute Gasteiger partial charge is 0.268 e. The highest BCUT2D eigenvalue weighted by Gasteiger charge is 2.24. The number of carbonyl (C=O) groups is 1. The number of hydrogen-bond donors (Lipinski definition) is 3. The summed E-state index contributed by atoms with van der Waals surface area (Å²) in [5, 5.41) is 23.3. The summed E-state index contributed by atoms with van der Waals surface area (Å²) in [6.45, 7) is 4.31. The summed E-state index contributed by atoms with van der Waals surface area (Å²) >= 11 is 0. The maximum absolute atomic E-state index is 12.8. The van der Waals surface area contributed by atoms with E-state index in [9.17, 15) is 24.5 Å². The fourth-order valence-corrected chi connectivity index (χ4v) is 6.16. The first-order valence-electron chi connectivity index (χ1n) is 20.7. The number of likely N-dealkylation sites (N-methyl/N-ethyl adjacent to an activating group) is 1. The van der Waals surface area contributed by atoms with Crippen LogP contribution in [0.2, 0.25) is 0 Å². The molecule has 0 aromatic rings. The van der Waals surface area contributed by atoms with Gasteiger partial charge in [-0.05, 0) is 44.9 Å². The van der Waals surface area contributed by atoms with Gasteiger partial charge in [0.1, 0.15) is 13.2 Å². The van der Waals surface area contributed by atoms with Crippen LogP contribution in [0.3, 0.4) is 0 Å². The molecule has 1 amide bonds. The average molecular weight is 767 g/mol. The molecule has 0 aromatic heterocycles. The lowest BCUT2D eigenvalue weighted by Crippen LogP contribution is -2.46. The number of hydrogen-bond acceptors (Lipinski definition) is 7. The number of phosphoric ester groups is 1. The molecule has 0 aliphatic heterocycles. The molecule has 0 aromatic carbocycles. The maximum Gasteiger partial charge on any atom is 0.268 e. The first-order valence-corrected chi connectivity index (χ1v) is 22.2. The van der Waals surface area contributed by atoms with Gasteiger partial charge in [-0.1, -0.05) is 158 Å². The number of rotatable bonds is 36. The number of nitrogens with zero attached hydrogens (tertiary/aromatic N) is 1. The van der Waals surface area contributed by atoms with Crippen LogP contribution in [0.15, 0.2) is 60.8 Å². The van der Waals surface area contributed by atoms with Crippen LogP contribution in [-0.4, -0.2) is 79.8 Å². The van der Waals surface area contributed by atoms with Gasteiger partial charge in [0.2, 0.25) is 5.91 Å². The predicted octanol–water partition coefficient (Wildman–Crippen LogP) is 9.41. The fraction of sp³-hybridized carbons (Fsp3) is 0.744. The lowest BCUT2D eigenvalue weighted by molar-refractivity contribution is -0.870. The molecule has 0 saturated heterocycles. The molecule has 0 spiro atoms. The van der Waals surface area contributed by atoms with Gasteiger partial charge in [-0.15, -0.1) is 0 Å². The van der Waals surface area contributed by atoms with Crippen LogP contribution in [-0.2, 0) is 18.4 Å². The second-order valence-electron chi connectivity index (χ2n) is 15.2. The Labute approximate surface area is 324 Å². The van der Waals surface area contributed by atoms with Crippen molar-refractivity contribution >= 4 is 13.7 Å². The number of unbranched alkanes of at least 4 members (excludes halogenated alkanes) is 13. The quantitative estimate of drug-likeness (QED) is 0.0191. The van der Waals surface area contributed by atoms with E-state index in [0.29, 0.717) is 23.9 Å². The van der Waals surface area contributed by atoms with Gasteiger partial charge in [0.05, 0.1) is 46.0 Å². The number of allylic oxidation sites excluding steroid dienone is 9. The molecule has 0 radical (unpaired) electrons. The van der Waals surface area contributed by atoms with Gasteiger partial charge in [0.15, 0.2) is 0 Å². The summed E-state index contributed by atoms with van der Waals surface area (Å²) in [5.74, 6) is -0.237. The Balaban J connectivity index is 4.56. The van der Waals surface area contributed by atoms with E-state index in [-0.39, 0.29) is 31.6 Å². The van der Waals surface area contributed by atoms with Gasteiger partial charge in [0.25, 0.3) is 7.82 Å². The van der Waals surface area contributed by atoms with Crippen molar-refractivity contribution in [1.29, 1.82) is 0 Å². The van der Waals surface area contributed by atoms with E-state index in [1.54, 1.807) is 6.08 Å². The number of nitrogens with one attached hydrogen (secondary N) is 1. The zero-order valence-electron chi connectivity index (χ0n) is 34.3.